The van der Waals surface area contributed by atoms with Crippen LogP contribution >= 0.6 is 27.7 Å². The highest BCUT2D eigenvalue weighted by atomic mass is 79.9. The van der Waals surface area contributed by atoms with Crippen molar-refractivity contribution in [1.82, 2.24) is 10.2 Å². The lowest BCUT2D eigenvalue weighted by molar-refractivity contribution is -0.133. The highest BCUT2D eigenvalue weighted by molar-refractivity contribution is 9.10. The predicted molar refractivity (Wildman–Crippen MR) is 90.6 cm³/mol. The number of benzene rings is 1. The second-order valence-corrected chi connectivity index (χ2v) is 7.82. The predicted octanol–water partition coefficient (Wildman–Crippen LogP) is 3.28. The Morgan fingerprint density at radius 3 is 2.81 bits per heavy atom. The van der Waals surface area contributed by atoms with Gasteiger partial charge in [-0.15, -0.1) is 11.8 Å². The molecule has 114 valence electrons. The molecule has 1 aromatic carbocycles. The maximum Gasteiger partial charge on any atom is 0.223 e. The average Bonchev–Trinajstić information content (AvgIpc) is 2.74. The van der Waals surface area contributed by atoms with E-state index in [2.05, 4.69) is 38.3 Å². The molecule has 2 fully saturated rings. The molecular formula is C16H21BrN2OS. The van der Waals surface area contributed by atoms with Gasteiger partial charge in [-0.2, -0.15) is 0 Å². The SMILES string of the molecule is O=C(CCSc1ccc(Br)cc1)N1C2CCNCC1CC2. The summed E-state index contributed by atoms with van der Waals surface area (Å²) in [4.78, 5) is 15.9. The molecule has 3 nitrogen and oxygen atoms in total. The highest BCUT2D eigenvalue weighted by Crippen LogP contribution is 2.29. The summed E-state index contributed by atoms with van der Waals surface area (Å²) in [6.45, 7) is 2.03. The molecule has 2 bridgehead atoms. The smallest absolute Gasteiger partial charge is 0.223 e. The Bertz CT molecular complexity index is 480. The summed E-state index contributed by atoms with van der Waals surface area (Å²) in [6.07, 6.45) is 4.12. The molecule has 1 N–H and O–H groups in total. The molecule has 1 aromatic rings. The van der Waals surface area contributed by atoms with Gasteiger partial charge in [0.25, 0.3) is 0 Å². The highest BCUT2D eigenvalue weighted by Gasteiger charge is 2.37. The van der Waals surface area contributed by atoms with E-state index in [1.54, 1.807) is 11.8 Å². The van der Waals surface area contributed by atoms with Gasteiger partial charge in [0, 0.05) is 40.2 Å². The molecule has 0 saturated carbocycles. The van der Waals surface area contributed by atoms with Gasteiger partial charge in [0.2, 0.25) is 5.91 Å². The maximum absolute atomic E-state index is 12.5. The van der Waals surface area contributed by atoms with E-state index in [0.29, 0.717) is 24.4 Å². The fraction of sp³-hybridized carbons (Fsp3) is 0.562. The van der Waals surface area contributed by atoms with Gasteiger partial charge in [0.05, 0.1) is 0 Å². The van der Waals surface area contributed by atoms with Crippen LogP contribution in [-0.2, 0) is 4.79 Å². The molecule has 0 aromatic heterocycles. The first-order valence-corrected chi connectivity index (χ1v) is 9.42. The van der Waals surface area contributed by atoms with Gasteiger partial charge in [-0.05, 0) is 50.1 Å². The second kappa shape index (κ2) is 7.16. The normalized spacial score (nSPS) is 24.9. The third kappa shape index (κ3) is 3.82. The number of amides is 1. The molecule has 2 atom stereocenters. The van der Waals surface area contributed by atoms with Crippen LogP contribution in [0.3, 0.4) is 0 Å². The Morgan fingerprint density at radius 2 is 2.00 bits per heavy atom. The first-order valence-electron chi connectivity index (χ1n) is 7.64. The minimum atomic E-state index is 0.343. The summed E-state index contributed by atoms with van der Waals surface area (Å²) >= 11 is 5.21. The van der Waals surface area contributed by atoms with Crippen LogP contribution in [0, 0.1) is 0 Å². The number of nitrogens with one attached hydrogen (secondary N) is 1. The first-order chi connectivity index (χ1) is 10.2. The van der Waals surface area contributed by atoms with Gasteiger partial charge in [-0.1, -0.05) is 15.9 Å². The molecule has 2 aliphatic heterocycles. The summed E-state index contributed by atoms with van der Waals surface area (Å²) in [7, 11) is 0. The lowest BCUT2D eigenvalue weighted by atomic mass is 10.1. The van der Waals surface area contributed by atoms with E-state index < -0.39 is 0 Å². The van der Waals surface area contributed by atoms with Crippen LogP contribution < -0.4 is 5.32 Å². The zero-order valence-electron chi connectivity index (χ0n) is 12.1. The van der Waals surface area contributed by atoms with Crippen LogP contribution in [0.2, 0.25) is 0 Å². The van der Waals surface area contributed by atoms with Crippen molar-refractivity contribution in [2.45, 2.75) is 42.7 Å². The molecule has 5 heteroatoms. The number of carbonyl (C=O) groups excluding carboxylic acids is 1. The molecule has 2 heterocycles. The molecule has 21 heavy (non-hydrogen) atoms. The van der Waals surface area contributed by atoms with Crippen molar-refractivity contribution in [1.29, 1.82) is 0 Å². The Labute approximate surface area is 139 Å². The summed E-state index contributed by atoms with van der Waals surface area (Å²) in [5.41, 5.74) is 0. The molecule has 1 amide bonds. The van der Waals surface area contributed by atoms with Crippen LogP contribution in [0.15, 0.2) is 33.6 Å². The number of hydrogen-bond acceptors (Lipinski definition) is 3. The van der Waals surface area contributed by atoms with E-state index in [-0.39, 0.29) is 0 Å². The molecule has 2 saturated heterocycles. The fourth-order valence-electron chi connectivity index (χ4n) is 3.31. The van der Waals surface area contributed by atoms with Crippen LogP contribution in [0.4, 0.5) is 0 Å². The van der Waals surface area contributed by atoms with Gasteiger partial charge in [-0.25, -0.2) is 0 Å². The van der Waals surface area contributed by atoms with Crippen molar-refractivity contribution in [2.75, 3.05) is 18.8 Å². The Kier molecular flexibility index (Phi) is 5.24. The van der Waals surface area contributed by atoms with Crippen molar-refractivity contribution < 1.29 is 4.79 Å². The van der Waals surface area contributed by atoms with Gasteiger partial charge in [-0.3, -0.25) is 4.79 Å². The van der Waals surface area contributed by atoms with Crippen LogP contribution in [0.1, 0.15) is 25.7 Å². The Hall–Kier alpha value is -0.520. The Morgan fingerprint density at radius 1 is 1.24 bits per heavy atom. The van der Waals surface area contributed by atoms with Gasteiger partial charge in [0.1, 0.15) is 0 Å². The number of nitrogens with zero attached hydrogens (tertiary/aromatic N) is 1. The number of rotatable bonds is 4. The molecule has 0 radical (unpaired) electrons. The van der Waals surface area contributed by atoms with Crippen LogP contribution in [-0.4, -0.2) is 41.7 Å². The first kappa shape index (κ1) is 15.4. The minimum Gasteiger partial charge on any atom is -0.335 e. The standard InChI is InChI=1S/C16H21BrN2OS/c17-12-1-5-15(6-2-12)21-10-8-16(20)19-13-3-4-14(19)11-18-9-7-13/h1-2,5-6,13-14,18H,3-4,7-11H2. The Balaban J connectivity index is 1.51. The molecule has 2 aliphatic rings. The van der Waals surface area contributed by atoms with E-state index in [9.17, 15) is 4.79 Å². The van der Waals surface area contributed by atoms with E-state index in [4.69, 9.17) is 0 Å². The quantitative estimate of drug-likeness (QED) is 0.827. The van der Waals surface area contributed by atoms with Crippen molar-refractivity contribution in [3.05, 3.63) is 28.7 Å². The lowest BCUT2D eigenvalue weighted by Crippen LogP contribution is -2.42. The minimum absolute atomic E-state index is 0.343. The molecule has 2 unspecified atom stereocenters. The third-order valence-corrected chi connectivity index (χ3v) is 5.88. The second-order valence-electron chi connectivity index (χ2n) is 5.73. The fourth-order valence-corrected chi connectivity index (χ4v) is 4.41. The number of thioether (sulfide) groups is 1. The molecule has 3 rings (SSSR count). The van der Waals surface area contributed by atoms with Crippen LogP contribution in [0.25, 0.3) is 0 Å². The van der Waals surface area contributed by atoms with E-state index >= 15 is 0 Å². The zero-order chi connectivity index (χ0) is 14.7. The lowest BCUT2D eigenvalue weighted by Gasteiger charge is -2.28. The van der Waals surface area contributed by atoms with Gasteiger partial charge < -0.3 is 10.2 Å². The summed E-state index contributed by atoms with van der Waals surface area (Å²) in [5.74, 6) is 1.21. The van der Waals surface area contributed by atoms with Crippen molar-refractivity contribution >= 4 is 33.6 Å². The zero-order valence-corrected chi connectivity index (χ0v) is 14.5. The van der Waals surface area contributed by atoms with Crippen molar-refractivity contribution in [3.63, 3.8) is 0 Å². The average molecular weight is 369 g/mol. The van der Waals surface area contributed by atoms with E-state index in [0.717, 1.165) is 29.7 Å². The monoisotopic (exact) mass is 368 g/mol. The number of fused-ring (bicyclic) bond motifs is 2. The number of hydrogen-bond donors (Lipinski definition) is 1. The third-order valence-electron chi connectivity index (χ3n) is 4.34. The summed E-state index contributed by atoms with van der Waals surface area (Å²) in [6, 6.07) is 9.20. The van der Waals surface area contributed by atoms with Crippen molar-refractivity contribution in [2.24, 2.45) is 0 Å². The van der Waals surface area contributed by atoms with Gasteiger partial charge >= 0.3 is 0 Å². The summed E-state index contributed by atoms with van der Waals surface area (Å²) in [5, 5.41) is 3.45. The molecular weight excluding hydrogens is 348 g/mol. The molecule has 0 aliphatic carbocycles. The molecule has 0 spiro atoms. The number of halogens is 1. The largest absolute Gasteiger partial charge is 0.335 e. The van der Waals surface area contributed by atoms with Crippen LogP contribution in [0.5, 0.6) is 0 Å². The number of carbonyl (C=O) groups is 1. The van der Waals surface area contributed by atoms with E-state index in [1.165, 1.54) is 17.7 Å². The maximum atomic E-state index is 12.5. The van der Waals surface area contributed by atoms with E-state index in [1.807, 2.05) is 12.1 Å². The van der Waals surface area contributed by atoms with Gasteiger partial charge in [0.15, 0.2) is 0 Å². The summed E-state index contributed by atoms with van der Waals surface area (Å²) < 4.78 is 1.09. The topological polar surface area (TPSA) is 32.3 Å². The van der Waals surface area contributed by atoms with Crippen molar-refractivity contribution in [3.8, 4) is 0 Å².